The Morgan fingerprint density at radius 2 is 2.00 bits per heavy atom. The smallest absolute Gasteiger partial charge is 0.0851 e. The second kappa shape index (κ2) is 5.66. The summed E-state index contributed by atoms with van der Waals surface area (Å²) in [5.74, 6) is 0.426. The molecular formula is C16H28N2O. The van der Waals surface area contributed by atoms with Crippen LogP contribution in [0.2, 0.25) is 0 Å². The molecule has 1 N–H and O–H groups in total. The summed E-state index contributed by atoms with van der Waals surface area (Å²) in [4.78, 5) is 0. The van der Waals surface area contributed by atoms with E-state index >= 15 is 0 Å². The molecule has 0 saturated heterocycles. The minimum atomic E-state index is -0.332. The zero-order valence-corrected chi connectivity index (χ0v) is 12.8. The second-order valence-electron chi connectivity index (χ2n) is 6.62. The van der Waals surface area contributed by atoms with Gasteiger partial charge in [0.05, 0.1) is 17.3 Å². The third-order valence-electron chi connectivity index (χ3n) is 4.84. The predicted molar refractivity (Wildman–Crippen MR) is 78.1 cm³/mol. The summed E-state index contributed by atoms with van der Waals surface area (Å²) in [5.41, 5.74) is 2.04. The van der Waals surface area contributed by atoms with Gasteiger partial charge in [-0.15, -0.1) is 0 Å². The molecule has 108 valence electrons. The van der Waals surface area contributed by atoms with Gasteiger partial charge < -0.3 is 5.11 Å². The molecule has 0 amide bonds. The van der Waals surface area contributed by atoms with Crippen LogP contribution in [0, 0.1) is 12.8 Å². The highest BCUT2D eigenvalue weighted by molar-refractivity contribution is 5.20. The molecule has 0 aliphatic heterocycles. The average molecular weight is 264 g/mol. The van der Waals surface area contributed by atoms with Crippen molar-refractivity contribution in [2.75, 3.05) is 0 Å². The fraction of sp³-hybridized carbons (Fsp3) is 0.812. The van der Waals surface area contributed by atoms with Gasteiger partial charge in [0.1, 0.15) is 0 Å². The first kappa shape index (κ1) is 14.6. The number of aromatic nitrogens is 2. The Labute approximate surface area is 117 Å². The van der Waals surface area contributed by atoms with Crippen LogP contribution in [0.5, 0.6) is 0 Å². The van der Waals surface area contributed by atoms with Crippen molar-refractivity contribution in [1.29, 1.82) is 0 Å². The molecule has 0 bridgehead atoms. The van der Waals surface area contributed by atoms with Crippen molar-refractivity contribution in [1.82, 2.24) is 9.78 Å². The van der Waals surface area contributed by atoms with E-state index in [0.29, 0.717) is 5.92 Å². The highest BCUT2D eigenvalue weighted by Gasteiger charge is 2.28. The van der Waals surface area contributed by atoms with Gasteiger partial charge in [-0.1, -0.05) is 26.2 Å². The van der Waals surface area contributed by atoms with Crippen LogP contribution in [0.25, 0.3) is 0 Å². The molecule has 2 rings (SSSR count). The van der Waals surface area contributed by atoms with Gasteiger partial charge in [0.25, 0.3) is 0 Å². The molecule has 1 aliphatic rings. The van der Waals surface area contributed by atoms with Gasteiger partial charge >= 0.3 is 0 Å². The van der Waals surface area contributed by atoms with E-state index in [1.807, 2.05) is 11.6 Å². The summed E-state index contributed by atoms with van der Waals surface area (Å²) in [6.45, 7) is 8.57. The highest BCUT2D eigenvalue weighted by Crippen LogP contribution is 2.36. The monoisotopic (exact) mass is 264 g/mol. The quantitative estimate of drug-likeness (QED) is 0.894. The number of aryl methyl sites for hydroxylation is 1. The first-order valence-electron chi connectivity index (χ1n) is 7.70. The fourth-order valence-corrected chi connectivity index (χ4v) is 2.94. The summed E-state index contributed by atoms with van der Waals surface area (Å²) in [6.07, 6.45) is 8.92. The van der Waals surface area contributed by atoms with Crippen LogP contribution in [0.15, 0.2) is 6.20 Å². The van der Waals surface area contributed by atoms with Crippen LogP contribution in [-0.2, 0) is 5.54 Å². The van der Waals surface area contributed by atoms with Crippen molar-refractivity contribution in [2.45, 2.75) is 77.9 Å². The Hall–Kier alpha value is -0.830. The molecule has 3 nitrogen and oxygen atoms in total. The van der Waals surface area contributed by atoms with Crippen LogP contribution in [0.3, 0.4) is 0 Å². The Balaban J connectivity index is 2.20. The summed E-state index contributed by atoms with van der Waals surface area (Å²) in [7, 11) is 0. The van der Waals surface area contributed by atoms with Gasteiger partial charge in [-0.3, -0.25) is 4.68 Å². The maximum Gasteiger partial charge on any atom is 0.0851 e. The molecule has 1 saturated carbocycles. The first-order valence-corrected chi connectivity index (χ1v) is 7.70. The van der Waals surface area contributed by atoms with Crippen LogP contribution in [-0.4, -0.2) is 14.9 Å². The zero-order valence-electron chi connectivity index (χ0n) is 12.8. The third kappa shape index (κ3) is 3.02. The normalized spacial score (nSPS) is 19.6. The van der Waals surface area contributed by atoms with Crippen molar-refractivity contribution in [3.8, 4) is 0 Å². The van der Waals surface area contributed by atoms with Crippen molar-refractivity contribution in [2.24, 2.45) is 5.92 Å². The SMILES string of the molecule is CCC(C)(C)n1cc(C(O)C2CCCCC2)c(C)n1. The summed E-state index contributed by atoms with van der Waals surface area (Å²) >= 11 is 0. The largest absolute Gasteiger partial charge is 0.388 e. The van der Waals surface area contributed by atoms with Crippen LogP contribution < -0.4 is 0 Å². The maximum absolute atomic E-state index is 10.6. The molecule has 1 atom stereocenters. The van der Waals surface area contributed by atoms with Crippen molar-refractivity contribution >= 4 is 0 Å². The molecule has 1 unspecified atom stereocenters. The number of hydrogen-bond donors (Lipinski definition) is 1. The Morgan fingerprint density at radius 1 is 1.37 bits per heavy atom. The Morgan fingerprint density at radius 3 is 2.58 bits per heavy atom. The van der Waals surface area contributed by atoms with E-state index in [0.717, 1.165) is 30.5 Å². The van der Waals surface area contributed by atoms with Crippen molar-refractivity contribution < 1.29 is 5.11 Å². The van der Waals surface area contributed by atoms with Crippen LogP contribution in [0.1, 0.15) is 76.7 Å². The fourth-order valence-electron chi connectivity index (χ4n) is 2.94. The predicted octanol–water partition coefficient (Wildman–Crippen LogP) is 3.95. The highest BCUT2D eigenvalue weighted by atomic mass is 16.3. The minimum absolute atomic E-state index is 0.0231. The topological polar surface area (TPSA) is 38.0 Å². The number of nitrogens with zero attached hydrogens (tertiary/aromatic N) is 2. The third-order valence-corrected chi connectivity index (χ3v) is 4.84. The lowest BCUT2D eigenvalue weighted by Gasteiger charge is -2.26. The second-order valence-corrected chi connectivity index (χ2v) is 6.62. The van der Waals surface area contributed by atoms with Gasteiger partial charge in [0, 0.05) is 11.8 Å². The number of aliphatic hydroxyl groups excluding tert-OH is 1. The molecule has 0 spiro atoms. The maximum atomic E-state index is 10.6. The van der Waals surface area contributed by atoms with Gasteiger partial charge in [0.2, 0.25) is 0 Å². The molecule has 0 radical (unpaired) electrons. The lowest BCUT2D eigenvalue weighted by Crippen LogP contribution is -2.25. The van der Waals surface area contributed by atoms with Gasteiger partial charge in [-0.05, 0) is 46.0 Å². The molecule has 1 aromatic rings. The number of hydrogen-bond acceptors (Lipinski definition) is 2. The first-order chi connectivity index (χ1) is 8.95. The molecule has 1 fully saturated rings. The van der Waals surface area contributed by atoms with Crippen molar-refractivity contribution in [3.63, 3.8) is 0 Å². The molecule has 3 heteroatoms. The van der Waals surface area contributed by atoms with Crippen LogP contribution >= 0.6 is 0 Å². The van der Waals surface area contributed by atoms with Gasteiger partial charge in [0.15, 0.2) is 0 Å². The average Bonchev–Trinajstić information content (AvgIpc) is 2.82. The minimum Gasteiger partial charge on any atom is -0.388 e. The molecular weight excluding hydrogens is 236 g/mol. The van der Waals surface area contributed by atoms with E-state index in [1.54, 1.807) is 0 Å². The van der Waals surface area contributed by atoms with E-state index in [9.17, 15) is 5.11 Å². The molecule has 1 aliphatic carbocycles. The molecule has 1 aromatic heterocycles. The summed E-state index contributed by atoms with van der Waals surface area (Å²) in [5, 5.41) is 15.3. The van der Waals surface area contributed by atoms with E-state index in [2.05, 4.69) is 32.1 Å². The number of aliphatic hydroxyl groups is 1. The Bertz CT molecular complexity index is 416. The molecule has 1 heterocycles. The van der Waals surface area contributed by atoms with Gasteiger partial charge in [-0.25, -0.2) is 0 Å². The van der Waals surface area contributed by atoms with E-state index in [1.165, 1.54) is 19.3 Å². The Kier molecular flexibility index (Phi) is 4.34. The molecule has 19 heavy (non-hydrogen) atoms. The van der Waals surface area contributed by atoms with Gasteiger partial charge in [-0.2, -0.15) is 5.10 Å². The van der Waals surface area contributed by atoms with Crippen LogP contribution in [0.4, 0.5) is 0 Å². The zero-order chi connectivity index (χ0) is 14.0. The van der Waals surface area contributed by atoms with E-state index in [-0.39, 0.29) is 11.6 Å². The standard InChI is InChI=1S/C16H28N2O/c1-5-16(3,4)18-11-14(12(2)17-18)15(19)13-9-7-6-8-10-13/h11,13,15,19H,5-10H2,1-4H3. The van der Waals surface area contributed by atoms with Crippen molar-refractivity contribution in [3.05, 3.63) is 17.5 Å². The number of rotatable bonds is 4. The van der Waals surface area contributed by atoms with E-state index in [4.69, 9.17) is 0 Å². The lowest BCUT2D eigenvalue weighted by molar-refractivity contribution is 0.0841. The summed E-state index contributed by atoms with van der Waals surface area (Å²) in [6, 6.07) is 0. The summed E-state index contributed by atoms with van der Waals surface area (Å²) < 4.78 is 2.03. The van der Waals surface area contributed by atoms with E-state index < -0.39 is 0 Å². The molecule has 0 aromatic carbocycles. The lowest BCUT2D eigenvalue weighted by atomic mass is 9.83.